The molecule has 0 amide bonds. The van der Waals surface area contributed by atoms with Crippen molar-refractivity contribution in [3.8, 4) is 39.1 Å². The minimum absolute atomic E-state index is 0.281. The Balaban J connectivity index is 0.817. The molecule has 376 valence electrons. The van der Waals surface area contributed by atoms with Gasteiger partial charge in [0.15, 0.2) is 0 Å². The molecule has 15 aromatic rings. The van der Waals surface area contributed by atoms with Crippen LogP contribution in [0.1, 0.15) is 25.0 Å². The summed E-state index contributed by atoms with van der Waals surface area (Å²) in [6.45, 7) is 4.81. The van der Waals surface area contributed by atoms with Gasteiger partial charge in [0.25, 0.3) is 0 Å². The second kappa shape index (κ2) is 17.9. The van der Waals surface area contributed by atoms with E-state index in [0.29, 0.717) is 0 Å². The summed E-state index contributed by atoms with van der Waals surface area (Å²) in [7, 11) is 0. The van der Waals surface area contributed by atoms with Crippen molar-refractivity contribution in [2.24, 2.45) is 0 Å². The first kappa shape index (κ1) is 45.9. The number of nitrogens with zero attached hydrogens (tertiary/aromatic N) is 3. The molecule has 1 heterocycles. The van der Waals surface area contributed by atoms with Crippen LogP contribution in [0.25, 0.3) is 104 Å². The largest absolute Gasteiger partial charge is 0.311 e. The number of aromatic nitrogens is 1. The third-order valence-electron chi connectivity index (χ3n) is 17.3. The molecule has 0 atom stereocenters. The Hall–Kier alpha value is -10.2. The van der Waals surface area contributed by atoms with Gasteiger partial charge in [0.2, 0.25) is 0 Å². The van der Waals surface area contributed by atoms with E-state index in [1.54, 1.807) is 0 Å². The molecule has 16 rings (SSSR count). The van der Waals surface area contributed by atoms with Crippen LogP contribution >= 0.6 is 0 Å². The number of fused-ring (bicyclic) bond motifs is 8. The lowest BCUT2D eigenvalue weighted by molar-refractivity contribution is 0.660. The highest BCUT2D eigenvalue weighted by Gasteiger charge is 2.36. The lowest BCUT2D eigenvalue weighted by Crippen LogP contribution is -2.17. The van der Waals surface area contributed by atoms with Crippen molar-refractivity contribution in [2.75, 3.05) is 9.80 Å². The molecule has 0 bridgehead atoms. The number of anilines is 6. The van der Waals surface area contributed by atoms with E-state index in [2.05, 4.69) is 313 Å². The molecule has 0 N–H and O–H groups in total. The first-order valence-corrected chi connectivity index (χ1v) is 27.8. The first-order valence-electron chi connectivity index (χ1n) is 27.8. The zero-order valence-electron chi connectivity index (χ0n) is 44.5. The van der Waals surface area contributed by atoms with Gasteiger partial charge in [-0.15, -0.1) is 0 Å². The van der Waals surface area contributed by atoms with Crippen molar-refractivity contribution in [1.29, 1.82) is 0 Å². The Morgan fingerprint density at radius 3 is 1.48 bits per heavy atom. The van der Waals surface area contributed by atoms with Crippen molar-refractivity contribution in [3.63, 3.8) is 0 Å². The molecular weight excluding hydrogens is 967 g/mol. The zero-order valence-corrected chi connectivity index (χ0v) is 44.5. The van der Waals surface area contributed by atoms with Crippen LogP contribution in [-0.4, -0.2) is 4.57 Å². The number of hydrogen-bond donors (Lipinski definition) is 0. The fraction of sp³-hybridized carbons (Fsp3) is 0.0390. The van der Waals surface area contributed by atoms with E-state index in [-0.39, 0.29) is 5.41 Å². The molecule has 0 spiro atoms. The molecular formula is C77H53N3. The van der Waals surface area contributed by atoms with E-state index in [0.717, 1.165) is 34.1 Å². The minimum Gasteiger partial charge on any atom is -0.311 e. The fourth-order valence-electron chi connectivity index (χ4n) is 13.4. The number of rotatable bonds is 9. The van der Waals surface area contributed by atoms with Crippen LogP contribution in [0.5, 0.6) is 0 Å². The number of hydrogen-bond acceptors (Lipinski definition) is 2. The second-order valence-corrected chi connectivity index (χ2v) is 22.1. The van der Waals surface area contributed by atoms with Gasteiger partial charge in [0, 0.05) is 55.7 Å². The molecule has 1 aromatic heterocycles. The summed E-state index contributed by atoms with van der Waals surface area (Å²) in [5.41, 5.74) is 20.0. The van der Waals surface area contributed by atoms with Gasteiger partial charge in [-0.1, -0.05) is 196 Å². The normalized spacial score (nSPS) is 12.7. The predicted molar refractivity (Wildman–Crippen MR) is 340 cm³/mol. The van der Waals surface area contributed by atoms with Crippen LogP contribution in [0, 0.1) is 0 Å². The van der Waals surface area contributed by atoms with Gasteiger partial charge in [-0.2, -0.15) is 0 Å². The van der Waals surface area contributed by atoms with Gasteiger partial charge in [0.05, 0.1) is 16.7 Å². The molecule has 0 fully saturated rings. The lowest BCUT2D eigenvalue weighted by Gasteiger charge is -2.29. The molecule has 1 aliphatic rings. The van der Waals surface area contributed by atoms with E-state index >= 15 is 0 Å². The summed E-state index contributed by atoms with van der Waals surface area (Å²) in [5.74, 6) is 0. The third kappa shape index (κ3) is 7.14. The van der Waals surface area contributed by atoms with Crippen LogP contribution < -0.4 is 9.80 Å². The smallest absolute Gasteiger partial charge is 0.0553 e. The average Bonchev–Trinajstić information content (AvgIpc) is 4.13. The van der Waals surface area contributed by atoms with Crippen molar-refractivity contribution in [1.82, 2.24) is 4.57 Å². The quantitative estimate of drug-likeness (QED) is 0.134. The Kier molecular flexibility index (Phi) is 10.3. The average molecular weight is 1020 g/mol. The Morgan fingerprint density at radius 2 is 0.762 bits per heavy atom. The predicted octanol–water partition coefficient (Wildman–Crippen LogP) is 21.4. The van der Waals surface area contributed by atoms with Crippen molar-refractivity contribution < 1.29 is 0 Å². The van der Waals surface area contributed by atoms with E-state index in [9.17, 15) is 0 Å². The summed E-state index contributed by atoms with van der Waals surface area (Å²) in [5, 5.41) is 12.8. The maximum Gasteiger partial charge on any atom is 0.0553 e. The Bertz CT molecular complexity index is 4820. The van der Waals surface area contributed by atoms with Gasteiger partial charge in [-0.25, -0.2) is 0 Å². The second-order valence-electron chi connectivity index (χ2n) is 22.1. The number of benzene rings is 14. The van der Waals surface area contributed by atoms with Gasteiger partial charge in [-0.3, -0.25) is 0 Å². The topological polar surface area (TPSA) is 11.4 Å². The molecule has 3 nitrogen and oxygen atoms in total. The molecule has 1 aliphatic carbocycles. The standard InChI is InChI=1S/C77H53N3/c1-77(2)69-47-56(55-34-45-72-68(46-55)76-67-43-32-54-21-14-20-53-28-29-57(75(67)74(53)54)48-73(76)80(72)71-27-15-19-52-18-12-13-26-64(52)71)33-42-65(69)66-44-41-63(49-70(66)77)79(60-35-30-51(31-36-60)50-16-6-3-7-17-50)62-39-37-61(38-40-62)78(58-22-8-4-9-23-58)59-24-10-5-11-25-59/h3-49H,1-2H3. The van der Waals surface area contributed by atoms with Crippen molar-refractivity contribution in [3.05, 3.63) is 296 Å². The number of para-hydroxylation sites is 2. The summed E-state index contributed by atoms with van der Waals surface area (Å²) < 4.78 is 2.52. The van der Waals surface area contributed by atoms with Gasteiger partial charge in [0.1, 0.15) is 0 Å². The molecule has 0 aliphatic heterocycles. The molecule has 0 unspecified atom stereocenters. The molecule has 80 heavy (non-hydrogen) atoms. The van der Waals surface area contributed by atoms with Crippen LogP contribution in [0.3, 0.4) is 0 Å². The highest BCUT2D eigenvalue weighted by molar-refractivity contribution is 6.33. The van der Waals surface area contributed by atoms with E-state index in [1.165, 1.54) is 115 Å². The van der Waals surface area contributed by atoms with Crippen LogP contribution in [0.15, 0.2) is 285 Å². The van der Waals surface area contributed by atoms with Crippen molar-refractivity contribution >= 4 is 99.0 Å². The molecule has 14 aromatic carbocycles. The van der Waals surface area contributed by atoms with E-state index in [1.807, 2.05) is 0 Å². The highest BCUT2D eigenvalue weighted by atomic mass is 15.2. The molecule has 0 radical (unpaired) electrons. The van der Waals surface area contributed by atoms with Crippen molar-refractivity contribution in [2.45, 2.75) is 19.3 Å². The van der Waals surface area contributed by atoms with E-state index < -0.39 is 0 Å². The minimum atomic E-state index is -0.281. The summed E-state index contributed by atoms with van der Waals surface area (Å²) >= 11 is 0. The summed E-state index contributed by atoms with van der Waals surface area (Å²) in [4.78, 5) is 4.73. The summed E-state index contributed by atoms with van der Waals surface area (Å²) in [6, 6.07) is 105. The third-order valence-corrected chi connectivity index (χ3v) is 17.3. The summed E-state index contributed by atoms with van der Waals surface area (Å²) in [6.07, 6.45) is 0. The first-order chi connectivity index (χ1) is 39.4. The van der Waals surface area contributed by atoms with E-state index in [4.69, 9.17) is 0 Å². The fourth-order valence-corrected chi connectivity index (χ4v) is 13.4. The zero-order chi connectivity index (χ0) is 53.1. The monoisotopic (exact) mass is 1020 g/mol. The molecule has 3 heteroatoms. The van der Waals surface area contributed by atoms with Gasteiger partial charge >= 0.3 is 0 Å². The maximum absolute atomic E-state index is 2.52. The lowest BCUT2D eigenvalue weighted by atomic mass is 9.81. The Labute approximate surface area is 465 Å². The SMILES string of the molecule is CC1(C)c2cc(-c3ccc4c(c3)c3c5ccc6cccc7ccc(cc3n4-c3cccc4ccccc34)c5c76)ccc2-c2ccc(N(c3ccc(-c4ccccc4)cc3)c3ccc(N(c4ccccc4)c4ccccc4)cc3)cc21. The molecule has 0 saturated carbocycles. The maximum atomic E-state index is 2.52. The van der Waals surface area contributed by atoms with Crippen LogP contribution in [-0.2, 0) is 5.41 Å². The Morgan fingerprint density at radius 1 is 0.275 bits per heavy atom. The molecule has 0 saturated heterocycles. The van der Waals surface area contributed by atoms with Gasteiger partial charge in [-0.05, 0) is 185 Å². The van der Waals surface area contributed by atoms with Gasteiger partial charge < -0.3 is 14.4 Å². The van der Waals surface area contributed by atoms with Crippen LogP contribution in [0.2, 0.25) is 0 Å². The van der Waals surface area contributed by atoms with Crippen LogP contribution in [0.4, 0.5) is 34.1 Å². The highest BCUT2D eigenvalue weighted by Crippen LogP contribution is 2.53.